The minimum Gasteiger partial charge on any atom is -0.481 e. The first-order valence-corrected chi connectivity index (χ1v) is 11.6. The number of ether oxygens (including phenoxy) is 1. The maximum Gasteiger partial charge on any atom is 0.303 e. The zero-order valence-electron chi connectivity index (χ0n) is 19.8. The Morgan fingerprint density at radius 1 is 1.18 bits per heavy atom. The van der Waals surface area contributed by atoms with Crippen LogP contribution in [0.5, 0.6) is 0 Å². The molecule has 3 aromatic rings. The van der Waals surface area contributed by atoms with Crippen LogP contribution in [0.1, 0.15) is 60.6 Å². The molecule has 1 aromatic carbocycles. The number of ketones is 1. The van der Waals surface area contributed by atoms with Gasteiger partial charge in [0.25, 0.3) is 0 Å². The van der Waals surface area contributed by atoms with Crippen molar-refractivity contribution in [3.05, 3.63) is 70.8 Å². The zero-order chi connectivity index (χ0) is 24.5. The number of carbonyl (C=O) groups excluding carboxylic acids is 1. The molecule has 0 bridgehead atoms. The van der Waals surface area contributed by atoms with Crippen molar-refractivity contribution < 1.29 is 19.4 Å². The largest absolute Gasteiger partial charge is 0.481 e. The molecule has 0 spiro atoms. The second kappa shape index (κ2) is 12.1. The quantitative estimate of drug-likeness (QED) is 0.199. The van der Waals surface area contributed by atoms with Crippen molar-refractivity contribution in [3.8, 4) is 0 Å². The van der Waals surface area contributed by atoms with Crippen LogP contribution in [0.2, 0.25) is 0 Å². The summed E-state index contributed by atoms with van der Waals surface area (Å²) in [7, 11) is 1.89. The summed E-state index contributed by atoms with van der Waals surface area (Å²) in [6, 6.07) is 11.8. The minimum atomic E-state index is -0.912. The molecule has 2 heterocycles. The molecule has 2 aromatic heterocycles. The highest BCUT2D eigenvalue weighted by atomic mass is 16.5. The number of carboxylic acid groups (broad SMARTS) is 1. The highest BCUT2D eigenvalue weighted by molar-refractivity contribution is 6.09. The fourth-order valence-corrected chi connectivity index (χ4v) is 4.24. The third-order valence-electron chi connectivity index (χ3n) is 5.91. The van der Waals surface area contributed by atoms with Crippen LogP contribution in [0, 0.1) is 12.5 Å². The van der Waals surface area contributed by atoms with Crippen molar-refractivity contribution in [1.29, 1.82) is 0 Å². The van der Waals surface area contributed by atoms with Crippen molar-refractivity contribution >= 4 is 28.5 Å². The first-order chi connectivity index (χ1) is 16.4. The molecular weight excluding hydrogens is 430 g/mol. The van der Waals surface area contributed by atoms with Crippen molar-refractivity contribution in [2.75, 3.05) is 6.61 Å². The van der Waals surface area contributed by atoms with Gasteiger partial charge in [0, 0.05) is 49.3 Å². The molecule has 0 aliphatic heterocycles. The molecule has 1 atom stereocenters. The average Bonchev–Trinajstić information content (AvgIpc) is 3.09. The molecular formula is C27H31N3O4. The van der Waals surface area contributed by atoms with E-state index in [0.717, 1.165) is 30.5 Å². The highest BCUT2D eigenvalue weighted by Gasteiger charge is 2.24. The molecule has 178 valence electrons. The van der Waals surface area contributed by atoms with Gasteiger partial charge in [-0.25, -0.2) is 9.83 Å². The van der Waals surface area contributed by atoms with Gasteiger partial charge in [0.05, 0.1) is 13.2 Å². The van der Waals surface area contributed by atoms with Gasteiger partial charge in [0.2, 0.25) is 5.69 Å². The van der Waals surface area contributed by atoms with Crippen LogP contribution in [0.25, 0.3) is 15.9 Å². The molecule has 0 saturated carbocycles. The molecule has 1 N–H and O–H groups in total. The molecule has 7 heteroatoms. The summed E-state index contributed by atoms with van der Waals surface area (Å²) in [5.41, 5.74) is 3.68. The number of hydrogen-bond acceptors (Lipinski definition) is 4. The SMILES string of the molecule is [C-]#[N+]c1cnc2c(c1)c(C(=O)C[C@H](C)CC(=O)O)c(CCCCCOCc1ccccc1)n2C. The van der Waals surface area contributed by atoms with Gasteiger partial charge in [-0.05, 0) is 36.8 Å². The molecule has 0 saturated heterocycles. The lowest BCUT2D eigenvalue weighted by atomic mass is 9.94. The summed E-state index contributed by atoms with van der Waals surface area (Å²) >= 11 is 0. The van der Waals surface area contributed by atoms with Crippen LogP contribution in [-0.2, 0) is 29.6 Å². The van der Waals surface area contributed by atoms with E-state index in [4.69, 9.17) is 16.4 Å². The van der Waals surface area contributed by atoms with E-state index >= 15 is 0 Å². The Kier molecular flexibility index (Phi) is 8.94. The number of fused-ring (bicyclic) bond motifs is 1. The van der Waals surface area contributed by atoms with E-state index in [2.05, 4.69) is 9.83 Å². The standard InChI is InChI=1S/C27H31N3O4/c1-19(15-25(32)33)14-24(31)26-22-16-21(28-2)17-29-27(22)30(3)23(26)12-8-5-9-13-34-18-20-10-6-4-7-11-20/h4,6-7,10-11,16-17,19H,5,8-9,12-15,18H2,1,3H3,(H,32,33)/t19-/m0/s1. The van der Waals surface area contributed by atoms with Gasteiger partial charge in [-0.2, -0.15) is 0 Å². The van der Waals surface area contributed by atoms with Gasteiger partial charge in [-0.1, -0.05) is 43.7 Å². The number of carbonyl (C=O) groups is 2. The van der Waals surface area contributed by atoms with Crippen LogP contribution in [-0.4, -0.2) is 33.0 Å². The molecule has 7 nitrogen and oxygen atoms in total. The number of aliphatic carboxylic acids is 1. The number of aromatic nitrogens is 2. The van der Waals surface area contributed by atoms with Crippen molar-refractivity contribution in [1.82, 2.24) is 9.55 Å². The number of unbranched alkanes of at least 4 members (excludes halogenated alkanes) is 2. The van der Waals surface area contributed by atoms with Gasteiger partial charge in [0.1, 0.15) is 5.65 Å². The Bertz CT molecular complexity index is 1180. The predicted molar refractivity (Wildman–Crippen MR) is 131 cm³/mol. The maximum atomic E-state index is 13.3. The Labute approximate surface area is 200 Å². The van der Waals surface area contributed by atoms with Crippen molar-refractivity contribution in [2.24, 2.45) is 13.0 Å². The molecule has 3 rings (SSSR count). The normalized spacial score (nSPS) is 11.9. The lowest BCUT2D eigenvalue weighted by molar-refractivity contribution is -0.137. The smallest absolute Gasteiger partial charge is 0.303 e. The van der Waals surface area contributed by atoms with Gasteiger partial charge in [-0.3, -0.25) is 9.59 Å². The second-order valence-electron chi connectivity index (χ2n) is 8.74. The fourth-order valence-electron chi connectivity index (χ4n) is 4.24. The Morgan fingerprint density at radius 3 is 2.65 bits per heavy atom. The Balaban J connectivity index is 1.67. The summed E-state index contributed by atoms with van der Waals surface area (Å²) in [5.74, 6) is -1.28. The number of carboxylic acids is 1. The third kappa shape index (κ3) is 6.52. The molecule has 0 radical (unpaired) electrons. The second-order valence-corrected chi connectivity index (χ2v) is 8.74. The summed E-state index contributed by atoms with van der Waals surface area (Å²) < 4.78 is 7.70. The molecule has 0 unspecified atom stereocenters. The number of pyridine rings is 1. The topological polar surface area (TPSA) is 85.8 Å². The maximum absolute atomic E-state index is 13.3. The summed E-state index contributed by atoms with van der Waals surface area (Å²) in [4.78, 5) is 32.2. The summed E-state index contributed by atoms with van der Waals surface area (Å²) in [5, 5.41) is 9.74. The van der Waals surface area contributed by atoms with Gasteiger partial charge < -0.3 is 14.4 Å². The lowest BCUT2D eigenvalue weighted by Crippen LogP contribution is -2.12. The first kappa shape index (κ1) is 25.1. The predicted octanol–water partition coefficient (Wildman–Crippen LogP) is 5.74. The van der Waals surface area contributed by atoms with Crippen LogP contribution in [0.15, 0.2) is 42.6 Å². The molecule has 0 amide bonds. The van der Waals surface area contributed by atoms with E-state index < -0.39 is 5.97 Å². The number of benzene rings is 1. The average molecular weight is 462 g/mol. The van der Waals surface area contributed by atoms with Crippen molar-refractivity contribution in [2.45, 2.75) is 52.1 Å². The first-order valence-electron chi connectivity index (χ1n) is 11.6. The van der Waals surface area contributed by atoms with Gasteiger partial charge >= 0.3 is 5.97 Å². The van der Waals surface area contributed by atoms with E-state index in [9.17, 15) is 9.59 Å². The van der Waals surface area contributed by atoms with Crippen LogP contribution < -0.4 is 0 Å². The number of rotatable bonds is 13. The monoisotopic (exact) mass is 461 g/mol. The highest BCUT2D eigenvalue weighted by Crippen LogP contribution is 2.30. The third-order valence-corrected chi connectivity index (χ3v) is 5.91. The van der Waals surface area contributed by atoms with Crippen LogP contribution in [0.4, 0.5) is 5.69 Å². The fraction of sp³-hybridized carbons (Fsp3) is 0.407. The van der Waals surface area contributed by atoms with Gasteiger partial charge in [-0.15, -0.1) is 0 Å². The zero-order valence-corrected chi connectivity index (χ0v) is 19.8. The number of Topliss-reactive ketones (excluding diaryl/α,β-unsaturated/α-hetero) is 1. The van der Waals surface area contributed by atoms with E-state index in [1.165, 1.54) is 6.20 Å². The number of aryl methyl sites for hydroxylation is 1. The summed E-state index contributed by atoms with van der Waals surface area (Å²) in [6.07, 6.45) is 5.08. The van der Waals surface area contributed by atoms with E-state index in [1.807, 2.05) is 41.9 Å². The minimum absolute atomic E-state index is 0.0552. The van der Waals surface area contributed by atoms with E-state index in [1.54, 1.807) is 13.0 Å². The Hall–Kier alpha value is -3.50. The molecule has 0 fully saturated rings. The summed E-state index contributed by atoms with van der Waals surface area (Å²) in [6.45, 7) is 10.4. The Morgan fingerprint density at radius 2 is 1.94 bits per heavy atom. The molecule has 34 heavy (non-hydrogen) atoms. The molecule has 0 aliphatic carbocycles. The van der Waals surface area contributed by atoms with Gasteiger partial charge in [0.15, 0.2) is 5.78 Å². The van der Waals surface area contributed by atoms with E-state index in [0.29, 0.717) is 41.9 Å². The number of nitrogens with zero attached hydrogens (tertiary/aromatic N) is 3. The van der Waals surface area contributed by atoms with E-state index in [-0.39, 0.29) is 24.5 Å². The van der Waals surface area contributed by atoms with Crippen LogP contribution in [0.3, 0.4) is 0 Å². The number of hydrogen-bond donors (Lipinski definition) is 1. The lowest BCUT2D eigenvalue weighted by Gasteiger charge is -2.11. The van der Waals surface area contributed by atoms with Crippen LogP contribution >= 0.6 is 0 Å². The molecule has 0 aliphatic rings. The van der Waals surface area contributed by atoms with Crippen molar-refractivity contribution in [3.63, 3.8) is 0 Å².